The number of carbonyl (C=O) groups is 1. The summed E-state index contributed by atoms with van der Waals surface area (Å²) >= 11 is 5.83. The Morgan fingerprint density at radius 1 is 1.65 bits per heavy atom. The van der Waals surface area contributed by atoms with Crippen LogP contribution in [-0.2, 0) is 11.3 Å². The SMILES string of the molecule is CCOC(=O)c1c(C(F)F)ncc(CN)c1Cl. The topological polar surface area (TPSA) is 65.2 Å². The quantitative estimate of drug-likeness (QED) is 0.848. The molecule has 1 rings (SSSR count). The molecule has 0 atom stereocenters. The lowest BCUT2D eigenvalue weighted by Gasteiger charge is -2.11. The zero-order valence-electron chi connectivity index (χ0n) is 9.04. The van der Waals surface area contributed by atoms with Crippen molar-refractivity contribution in [1.82, 2.24) is 4.98 Å². The van der Waals surface area contributed by atoms with Gasteiger partial charge in [0.15, 0.2) is 0 Å². The second-order valence-corrected chi connectivity index (χ2v) is 3.46. The van der Waals surface area contributed by atoms with Gasteiger partial charge in [0.25, 0.3) is 6.43 Å². The smallest absolute Gasteiger partial charge is 0.341 e. The molecule has 0 aliphatic carbocycles. The van der Waals surface area contributed by atoms with Crippen LogP contribution in [0.2, 0.25) is 5.02 Å². The lowest BCUT2D eigenvalue weighted by molar-refractivity contribution is 0.0513. The Morgan fingerprint density at radius 2 is 2.29 bits per heavy atom. The highest BCUT2D eigenvalue weighted by molar-refractivity contribution is 6.34. The second-order valence-electron chi connectivity index (χ2n) is 3.08. The molecule has 4 nitrogen and oxygen atoms in total. The van der Waals surface area contributed by atoms with Crippen LogP contribution in [0.1, 0.15) is 35.0 Å². The molecule has 0 unspecified atom stereocenters. The number of rotatable bonds is 4. The van der Waals surface area contributed by atoms with Crippen LogP contribution in [0.25, 0.3) is 0 Å². The monoisotopic (exact) mass is 264 g/mol. The Balaban J connectivity index is 3.34. The van der Waals surface area contributed by atoms with Crippen molar-refractivity contribution < 1.29 is 18.3 Å². The van der Waals surface area contributed by atoms with E-state index in [1.807, 2.05) is 0 Å². The highest BCUT2D eigenvalue weighted by Crippen LogP contribution is 2.29. The third kappa shape index (κ3) is 2.89. The van der Waals surface area contributed by atoms with E-state index in [2.05, 4.69) is 9.72 Å². The number of nitrogens with zero attached hydrogens (tertiary/aromatic N) is 1. The van der Waals surface area contributed by atoms with Crippen molar-refractivity contribution in [2.24, 2.45) is 5.73 Å². The summed E-state index contributed by atoms with van der Waals surface area (Å²) in [5.41, 5.74) is 4.57. The van der Waals surface area contributed by atoms with Crippen LogP contribution in [0.3, 0.4) is 0 Å². The zero-order chi connectivity index (χ0) is 13.0. The number of aromatic nitrogens is 1. The highest BCUT2D eigenvalue weighted by Gasteiger charge is 2.25. The van der Waals surface area contributed by atoms with Crippen LogP contribution in [0, 0.1) is 0 Å². The molecule has 1 aromatic rings. The van der Waals surface area contributed by atoms with Gasteiger partial charge in [-0.25, -0.2) is 13.6 Å². The molecule has 1 aromatic heterocycles. The first-order valence-electron chi connectivity index (χ1n) is 4.85. The fraction of sp³-hybridized carbons (Fsp3) is 0.400. The average Bonchev–Trinajstić information content (AvgIpc) is 2.28. The van der Waals surface area contributed by atoms with Gasteiger partial charge < -0.3 is 10.5 Å². The van der Waals surface area contributed by atoms with Gasteiger partial charge >= 0.3 is 5.97 Å². The molecule has 0 aliphatic rings. The van der Waals surface area contributed by atoms with Crippen molar-refractivity contribution in [1.29, 1.82) is 0 Å². The normalized spacial score (nSPS) is 10.7. The maximum absolute atomic E-state index is 12.7. The van der Waals surface area contributed by atoms with E-state index in [9.17, 15) is 13.6 Å². The summed E-state index contributed by atoms with van der Waals surface area (Å²) in [5.74, 6) is -0.921. The Hall–Kier alpha value is -1.27. The van der Waals surface area contributed by atoms with Crippen LogP contribution in [0.15, 0.2) is 6.20 Å². The van der Waals surface area contributed by atoms with Crippen LogP contribution < -0.4 is 5.73 Å². The van der Waals surface area contributed by atoms with E-state index in [4.69, 9.17) is 17.3 Å². The third-order valence-electron chi connectivity index (χ3n) is 2.02. The largest absolute Gasteiger partial charge is 0.462 e. The zero-order valence-corrected chi connectivity index (χ0v) is 9.80. The highest BCUT2D eigenvalue weighted by atomic mass is 35.5. The van der Waals surface area contributed by atoms with E-state index >= 15 is 0 Å². The van der Waals surface area contributed by atoms with Crippen molar-refractivity contribution in [2.75, 3.05) is 6.61 Å². The number of alkyl halides is 2. The van der Waals surface area contributed by atoms with Crippen LogP contribution in [0.5, 0.6) is 0 Å². The van der Waals surface area contributed by atoms with Crippen molar-refractivity contribution in [3.05, 3.63) is 28.0 Å². The molecule has 0 bridgehead atoms. The maximum Gasteiger partial charge on any atom is 0.341 e. The Morgan fingerprint density at radius 3 is 2.76 bits per heavy atom. The number of nitrogens with two attached hydrogens (primary N) is 1. The molecule has 0 saturated heterocycles. The summed E-state index contributed by atoms with van der Waals surface area (Å²) in [7, 11) is 0. The van der Waals surface area contributed by atoms with Gasteiger partial charge in [-0.15, -0.1) is 0 Å². The molecule has 0 radical (unpaired) electrons. The molecular weight excluding hydrogens is 254 g/mol. The van der Waals surface area contributed by atoms with Crippen LogP contribution in [0.4, 0.5) is 8.78 Å². The first kappa shape index (κ1) is 13.8. The number of hydrogen-bond donors (Lipinski definition) is 1. The Kier molecular flexibility index (Phi) is 4.77. The lowest BCUT2D eigenvalue weighted by Crippen LogP contribution is -2.13. The Bertz CT molecular complexity index is 427. The Labute approximate surface area is 102 Å². The minimum absolute atomic E-state index is 0.00174. The van der Waals surface area contributed by atoms with E-state index < -0.39 is 23.7 Å². The molecule has 0 spiro atoms. The molecule has 0 aliphatic heterocycles. The van der Waals surface area contributed by atoms with E-state index in [-0.39, 0.29) is 18.2 Å². The molecule has 7 heteroatoms. The third-order valence-corrected chi connectivity index (χ3v) is 2.45. The number of ether oxygens (including phenoxy) is 1. The van der Waals surface area contributed by atoms with Gasteiger partial charge in [0.05, 0.1) is 11.6 Å². The number of hydrogen-bond acceptors (Lipinski definition) is 4. The van der Waals surface area contributed by atoms with E-state index in [1.54, 1.807) is 6.92 Å². The van der Waals surface area contributed by atoms with E-state index in [0.717, 1.165) is 6.20 Å². The van der Waals surface area contributed by atoms with Gasteiger partial charge in [0.1, 0.15) is 11.3 Å². The summed E-state index contributed by atoms with van der Waals surface area (Å²) in [4.78, 5) is 15.0. The summed E-state index contributed by atoms with van der Waals surface area (Å²) < 4.78 is 30.0. The van der Waals surface area contributed by atoms with Crippen molar-refractivity contribution in [2.45, 2.75) is 19.9 Å². The molecule has 2 N–H and O–H groups in total. The molecule has 0 amide bonds. The van der Waals surface area contributed by atoms with Gasteiger partial charge in [-0.2, -0.15) is 0 Å². The molecule has 0 aromatic carbocycles. The fourth-order valence-electron chi connectivity index (χ4n) is 1.25. The van der Waals surface area contributed by atoms with Gasteiger partial charge in [0.2, 0.25) is 0 Å². The minimum Gasteiger partial charge on any atom is -0.462 e. The van der Waals surface area contributed by atoms with E-state index in [1.165, 1.54) is 0 Å². The number of carbonyl (C=O) groups excluding carboxylic acids is 1. The van der Waals surface area contributed by atoms with Gasteiger partial charge in [-0.1, -0.05) is 11.6 Å². The lowest BCUT2D eigenvalue weighted by atomic mass is 10.1. The number of halogens is 3. The second kappa shape index (κ2) is 5.88. The van der Waals surface area contributed by atoms with Crippen molar-refractivity contribution in [3.8, 4) is 0 Å². The fourth-order valence-corrected chi connectivity index (χ4v) is 1.55. The van der Waals surface area contributed by atoms with Crippen LogP contribution in [-0.4, -0.2) is 17.6 Å². The summed E-state index contributed by atoms with van der Waals surface area (Å²) in [5, 5.41) is -0.128. The maximum atomic E-state index is 12.7. The molecule has 0 saturated carbocycles. The van der Waals surface area contributed by atoms with Gasteiger partial charge in [0, 0.05) is 18.3 Å². The number of pyridine rings is 1. The first-order chi connectivity index (χ1) is 8.02. The minimum atomic E-state index is -2.90. The standard InChI is InChI=1S/C10H11ClF2N2O2/c1-2-17-10(16)6-7(11)5(3-14)4-15-8(6)9(12)13/h4,9H,2-3,14H2,1H3. The average molecular weight is 265 g/mol. The van der Waals surface area contributed by atoms with E-state index in [0.29, 0.717) is 5.56 Å². The molecule has 0 fully saturated rings. The van der Waals surface area contributed by atoms with Crippen molar-refractivity contribution >= 4 is 17.6 Å². The molecule has 94 valence electrons. The summed E-state index contributed by atoms with van der Waals surface area (Å²) in [6.07, 6.45) is -1.77. The van der Waals surface area contributed by atoms with Crippen LogP contribution >= 0.6 is 11.6 Å². The molecule has 17 heavy (non-hydrogen) atoms. The first-order valence-corrected chi connectivity index (χ1v) is 5.23. The molecule has 1 heterocycles. The van der Waals surface area contributed by atoms with Gasteiger partial charge in [-0.3, -0.25) is 4.98 Å². The number of esters is 1. The summed E-state index contributed by atoms with van der Waals surface area (Å²) in [6, 6.07) is 0. The summed E-state index contributed by atoms with van der Waals surface area (Å²) in [6.45, 7) is 1.63. The van der Waals surface area contributed by atoms with Gasteiger partial charge in [-0.05, 0) is 6.92 Å². The predicted octanol–water partition coefficient (Wildman–Crippen LogP) is 2.31. The van der Waals surface area contributed by atoms with Crippen molar-refractivity contribution in [3.63, 3.8) is 0 Å². The molecular formula is C10H11ClF2N2O2. The predicted molar refractivity (Wildman–Crippen MR) is 58.1 cm³/mol.